The fourth-order valence-electron chi connectivity index (χ4n) is 4.80. The quantitative estimate of drug-likeness (QED) is 0.222. The van der Waals surface area contributed by atoms with Crippen LogP contribution in [0.15, 0.2) is 90.0 Å². The molecule has 40 heavy (non-hydrogen) atoms. The average molecular weight is 558 g/mol. The van der Waals surface area contributed by atoms with Crippen LogP contribution in [0.3, 0.4) is 0 Å². The van der Waals surface area contributed by atoms with Crippen molar-refractivity contribution in [3.8, 4) is 11.5 Å². The monoisotopic (exact) mass is 557 g/mol. The van der Waals surface area contributed by atoms with Gasteiger partial charge in [-0.2, -0.15) is 5.10 Å². The van der Waals surface area contributed by atoms with Gasteiger partial charge in [-0.1, -0.05) is 66.2 Å². The van der Waals surface area contributed by atoms with Gasteiger partial charge in [-0.3, -0.25) is 9.59 Å². The molecule has 1 aliphatic rings. The van der Waals surface area contributed by atoms with Gasteiger partial charge in [0.05, 0.1) is 16.8 Å². The van der Waals surface area contributed by atoms with Crippen molar-refractivity contribution in [3.63, 3.8) is 0 Å². The number of hydrazone groups is 1. The van der Waals surface area contributed by atoms with E-state index < -0.39 is 11.5 Å². The number of hydrogen-bond acceptors (Lipinski definition) is 6. The molecule has 1 fully saturated rings. The van der Waals surface area contributed by atoms with Crippen LogP contribution in [0.1, 0.15) is 34.3 Å². The predicted octanol–water partition coefficient (Wildman–Crippen LogP) is 4.85. The second kappa shape index (κ2) is 11.8. The van der Waals surface area contributed by atoms with E-state index in [-0.39, 0.29) is 28.8 Å². The van der Waals surface area contributed by atoms with Gasteiger partial charge < -0.3 is 19.8 Å². The number of phenolic OH excluding ortho intramolecular Hbond substituents is 1. The zero-order valence-electron chi connectivity index (χ0n) is 21.6. The molecule has 0 atom stereocenters. The van der Waals surface area contributed by atoms with Crippen molar-refractivity contribution in [1.29, 1.82) is 0 Å². The number of benzene rings is 4. The Hall–Kier alpha value is -4.40. The smallest absolute Gasteiger partial charge is 0.271 e. The molecule has 0 unspecified atom stereocenters. The van der Waals surface area contributed by atoms with Crippen molar-refractivity contribution in [2.75, 3.05) is 19.7 Å². The first-order valence-corrected chi connectivity index (χ1v) is 13.2. The standard InChI is InChI=1S/C31H28ClN3O5/c32-26-18-21(10-12-27(26)36)30(38)34-33-19-22-11-13-28(25-9-5-4-8-24(22)25)40-20-29(37)35-16-14-31(39,15-17-35)23-6-2-1-3-7-23/h1-13,18-19,36,39H,14-17,20H2,(H,34,38)/b33-19+. The third-order valence-electron chi connectivity index (χ3n) is 7.10. The second-order valence-corrected chi connectivity index (χ2v) is 10.0. The topological polar surface area (TPSA) is 111 Å². The van der Waals surface area contributed by atoms with E-state index in [2.05, 4.69) is 10.5 Å². The van der Waals surface area contributed by atoms with Crippen LogP contribution < -0.4 is 10.2 Å². The lowest BCUT2D eigenvalue weighted by Crippen LogP contribution is -2.46. The summed E-state index contributed by atoms with van der Waals surface area (Å²) in [4.78, 5) is 27.0. The number of piperidine rings is 1. The molecule has 1 heterocycles. The molecule has 4 aromatic rings. The van der Waals surface area contributed by atoms with E-state index in [4.69, 9.17) is 16.3 Å². The minimum absolute atomic E-state index is 0.0747. The summed E-state index contributed by atoms with van der Waals surface area (Å²) in [6.45, 7) is 0.782. The Balaban J connectivity index is 1.21. The number of ether oxygens (including phenoxy) is 1. The number of rotatable bonds is 7. The highest BCUT2D eigenvalue weighted by Gasteiger charge is 2.35. The van der Waals surface area contributed by atoms with Crippen LogP contribution in [0.5, 0.6) is 11.5 Å². The van der Waals surface area contributed by atoms with Crippen LogP contribution in [-0.2, 0) is 10.4 Å². The number of likely N-dealkylation sites (tertiary alicyclic amines) is 1. The largest absolute Gasteiger partial charge is 0.506 e. The fourth-order valence-corrected chi connectivity index (χ4v) is 4.98. The Bertz CT molecular complexity index is 1570. The lowest BCUT2D eigenvalue weighted by Gasteiger charge is -2.38. The number of fused-ring (bicyclic) bond motifs is 1. The minimum Gasteiger partial charge on any atom is -0.506 e. The molecule has 8 nitrogen and oxygen atoms in total. The Kier molecular flexibility index (Phi) is 8.00. The molecule has 0 bridgehead atoms. The summed E-state index contributed by atoms with van der Waals surface area (Å²) in [6.07, 6.45) is 2.46. The van der Waals surface area contributed by atoms with E-state index in [0.717, 1.165) is 21.9 Å². The van der Waals surface area contributed by atoms with E-state index >= 15 is 0 Å². The molecule has 1 saturated heterocycles. The summed E-state index contributed by atoms with van der Waals surface area (Å²) in [5, 5.41) is 26.4. The van der Waals surface area contributed by atoms with Crippen LogP contribution >= 0.6 is 11.6 Å². The number of aromatic hydroxyl groups is 1. The number of nitrogens with zero attached hydrogens (tertiary/aromatic N) is 2. The maximum Gasteiger partial charge on any atom is 0.271 e. The van der Waals surface area contributed by atoms with E-state index in [1.165, 1.54) is 24.4 Å². The van der Waals surface area contributed by atoms with E-state index in [9.17, 15) is 19.8 Å². The molecule has 3 N–H and O–H groups in total. The number of hydrogen-bond donors (Lipinski definition) is 3. The van der Waals surface area contributed by atoms with Crippen LogP contribution in [0.2, 0.25) is 5.02 Å². The normalized spacial score (nSPS) is 14.8. The Morgan fingerprint density at radius 1 is 0.975 bits per heavy atom. The molecule has 1 aliphatic heterocycles. The molecule has 5 rings (SSSR count). The van der Waals surface area contributed by atoms with Crippen molar-refractivity contribution < 1.29 is 24.5 Å². The van der Waals surface area contributed by atoms with Crippen LogP contribution in [0, 0.1) is 0 Å². The summed E-state index contributed by atoms with van der Waals surface area (Å²) < 4.78 is 5.95. The van der Waals surface area contributed by atoms with Gasteiger partial charge in [-0.05, 0) is 54.1 Å². The first kappa shape index (κ1) is 27.2. The highest BCUT2D eigenvalue weighted by Crippen LogP contribution is 2.33. The number of phenols is 1. The number of halogens is 1. The van der Waals surface area contributed by atoms with Gasteiger partial charge in [-0.25, -0.2) is 5.43 Å². The number of nitrogens with one attached hydrogen (secondary N) is 1. The summed E-state index contributed by atoms with van der Waals surface area (Å²) >= 11 is 5.88. The minimum atomic E-state index is -0.928. The number of aliphatic hydroxyl groups is 1. The van der Waals surface area contributed by atoms with Crippen molar-refractivity contribution in [1.82, 2.24) is 10.3 Å². The Labute approximate surface area is 236 Å². The third-order valence-corrected chi connectivity index (χ3v) is 7.41. The van der Waals surface area contributed by atoms with Crippen LogP contribution in [0.25, 0.3) is 10.8 Å². The zero-order chi connectivity index (χ0) is 28.1. The number of carbonyl (C=O) groups is 2. The van der Waals surface area contributed by atoms with Gasteiger partial charge in [0.1, 0.15) is 11.5 Å². The average Bonchev–Trinajstić information content (AvgIpc) is 2.98. The molecular weight excluding hydrogens is 530 g/mol. The summed E-state index contributed by atoms with van der Waals surface area (Å²) in [7, 11) is 0. The van der Waals surface area contributed by atoms with Gasteiger partial charge in [0.2, 0.25) is 0 Å². The van der Waals surface area contributed by atoms with E-state index in [0.29, 0.717) is 31.7 Å². The van der Waals surface area contributed by atoms with Crippen molar-refractivity contribution >= 4 is 40.4 Å². The molecule has 4 aromatic carbocycles. The zero-order valence-corrected chi connectivity index (χ0v) is 22.3. The summed E-state index contributed by atoms with van der Waals surface area (Å²) in [5.41, 5.74) is 3.41. The number of carbonyl (C=O) groups excluding carboxylic acids is 2. The fraction of sp³-hybridized carbons (Fsp3) is 0.194. The van der Waals surface area contributed by atoms with Gasteiger partial charge in [0.15, 0.2) is 6.61 Å². The first-order valence-electron chi connectivity index (χ1n) is 12.9. The van der Waals surface area contributed by atoms with E-state index in [1.54, 1.807) is 17.0 Å². The maximum atomic E-state index is 12.9. The summed E-state index contributed by atoms with van der Waals surface area (Å²) in [6, 6.07) is 24.8. The Morgan fingerprint density at radius 3 is 2.40 bits per heavy atom. The van der Waals surface area contributed by atoms with E-state index in [1.807, 2.05) is 54.6 Å². The number of amides is 2. The molecule has 0 spiro atoms. The molecule has 204 valence electrons. The highest BCUT2D eigenvalue weighted by molar-refractivity contribution is 6.32. The van der Waals surface area contributed by atoms with Gasteiger partial charge in [0, 0.05) is 29.6 Å². The van der Waals surface area contributed by atoms with Crippen molar-refractivity contribution in [2.45, 2.75) is 18.4 Å². The van der Waals surface area contributed by atoms with Crippen molar-refractivity contribution in [3.05, 3.63) is 107 Å². The molecule has 2 amide bonds. The Morgan fingerprint density at radius 2 is 1.68 bits per heavy atom. The summed E-state index contributed by atoms with van der Waals surface area (Å²) in [5.74, 6) is -0.159. The van der Waals surface area contributed by atoms with Crippen LogP contribution in [-0.4, -0.2) is 52.8 Å². The van der Waals surface area contributed by atoms with Gasteiger partial charge in [-0.15, -0.1) is 0 Å². The second-order valence-electron chi connectivity index (χ2n) is 9.63. The molecule has 0 aromatic heterocycles. The predicted molar refractivity (Wildman–Crippen MR) is 154 cm³/mol. The molecular formula is C31H28ClN3O5. The van der Waals surface area contributed by atoms with Gasteiger partial charge in [0.25, 0.3) is 11.8 Å². The SMILES string of the molecule is O=C(N/N=C/c1ccc(OCC(=O)N2CCC(O)(c3ccccc3)CC2)c2ccccc12)c1ccc(O)c(Cl)c1. The molecule has 9 heteroatoms. The molecule has 0 saturated carbocycles. The lowest BCUT2D eigenvalue weighted by atomic mass is 9.84. The highest BCUT2D eigenvalue weighted by atomic mass is 35.5. The van der Waals surface area contributed by atoms with Crippen molar-refractivity contribution in [2.24, 2.45) is 5.10 Å². The lowest BCUT2D eigenvalue weighted by molar-refractivity contribution is -0.137. The first-order chi connectivity index (χ1) is 19.3. The third kappa shape index (κ3) is 5.93. The van der Waals surface area contributed by atoms with Crippen LogP contribution in [0.4, 0.5) is 0 Å². The molecule has 0 aliphatic carbocycles. The molecule has 0 radical (unpaired) electrons. The maximum absolute atomic E-state index is 12.9. The van der Waals surface area contributed by atoms with Gasteiger partial charge >= 0.3 is 0 Å².